The summed E-state index contributed by atoms with van der Waals surface area (Å²) in [4.78, 5) is 5.14. The van der Waals surface area contributed by atoms with Crippen LogP contribution in [0.15, 0.2) is 51.9 Å². The summed E-state index contributed by atoms with van der Waals surface area (Å²) >= 11 is 1.50. The van der Waals surface area contributed by atoms with E-state index in [0.29, 0.717) is 11.5 Å². The first-order valence-electron chi connectivity index (χ1n) is 9.20. The molecule has 0 aliphatic carbocycles. The van der Waals surface area contributed by atoms with Gasteiger partial charge in [0.2, 0.25) is 4.80 Å². The van der Waals surface area contributed by atoms with Gasteiger partial charge in [-0.25, -0.2) is 4.68 Å². The maximum Gasteiger partial charge on any atom is 0.205 e. The van der Waals surface area contributed by atoms with Crippen LogP contribution in [0, 0.1) is 0 Å². The summed E-state index contributed by atoms with van der Waals surface area (Å²) in [6, 6.07) is 11.4. The summed E-state index contributed by atoms with van der Waals surface area (Å²) in [5.41, 5.74) is 3.44. The first kappa shape index (κ1) is 21.4. The minimum atomic E-state index is 0.648. The van der Waals surface area contributed by atoms with Gasteiger partial charge in [-0.2, -0.15) is 5.10 Å². The number of nitrogens with zero attached hydrogens (tertiary/aromatic N) is 3. The highest BCUT2D eigenvalue weighted by atomic mass is 32.1. The highest BCUT2D eigenvalue weighted by Crippen LogP contribution is 2.34. The van der Waals surface area contributed by atoms with Crippen molar-refractivity contribution in [2.24, 2.45) is 10.1 Å². The summed E-state index contributed by atoms with van der Waals surface area (Å²) in [7, 11) is 8.26. The average molecular weight is 428 g/mol. The lowest BCUT2D eigenvalue weighted by Gasteiger charge is -2.12. The first-order chi connectivity index (χ1) is 14.6. The molecule has 158 valence electrons. The zero-order valence-corrected chi connectivity index (χ0v) is 18.7. The third kappa shape index (κ3) is 4.18. The van der Waals surface area contributed by atoms with Gasteiger partial charge in [-0.3, -0.25) is 4.99 Å². The van der Waals surface area contributed by atoms with Gasteiger partial charge in [-0.15, -0.1) is 11.3 Å². The number of hydrogen-bond donors (Lipinski definition) is 0. The molecule has 0 fully saturated rings. The molecule has 0 radical (unpaired) electrons. The monoisotopic (exact) mass is 427 g/mol. The van der Waals surface area contributed by atoms with Crippen molar-refractivity contribution in [2.75, 3.05) is 35.5 Å². The summed E-state index contributed by atoms with van der Waals surface area (Å²) in [5.74, 6) is 2.78. The number of benzene rings is 2. The molecule has 7 nitrogen and oxygen atoms in total. The third-order valence-electron chi connectivity index (χ3n) is 4.61. The first-order valence-corrected chi connectivity index (χ1v) is 10.1. The number of methoxy groups -OCH3 is 4. The Morgan fingerprint density at radius 2 is 1.57 bits per heavy atom. The highest BCUT2D eigenvalue weighted by Gasteiger charge is 2.15. The molecule has 1 heterocycles. The normalized spacial score (nSPS) is 12.1. The standard InChI is InChI=1S/C22H25N3O4S/c1-14(15-7-9-20(28-5)21(11-15)29-6)24-25-18(13-30-22(25)23-2)17-12-16(26-3)8-10-19(17)27-4/h7-13H,1-6H3. The van der Waals surface area contributed by atoms with Crippen molar-refractivity contribution in [2.45, 2.75) is 6.92 Å². The highest BCUT2D eigenvalue weighted by molar-refractivity contribution is 7.07. The summed E-state index contributed by atoms with van der Waals surface area (Å²) in [6.45, 7) is 1.94. The molecule has 3 rings (SSSR count). The van der Waals surface area contributed by atoms with Gasteiger partial charge < -0.3 is 18.9 Å². The van der Waals surface area contributed by atoms with E-state index >= 15 is 0 Å². The lowest BCUT2D eigenvalue weighted by molar-refractivity contribution is 0.355. The van der Waals surface area contributed by atoms with Crippen LogP contribution in [-0.4, -0.2) is 45.9 Å². The zero-order chi connectivity index (χ0) is 21.7. The van der Waals surface area contributed by atoms with Gasteiger partial charge in [-0.05, 0) is 43.3 Å². The van der Waals surface area contributed by atoms with Crippen molar-refractivity contribution in [3.8, 4) is 34.3 Å². The fraction of sp³-hybridized carbons (Fsp3) is 0.273. The van der Waals surface area contributed by atoms with E-state index in [0.717, 1.165) is 38.8 Å². The van der Waals surface area contributed by atoms with Crippen molar-refractivity contribution < 1.29 is 18.9 Å². The number of thiazole rings is 1. The van der Waals surface area contributed by atoms with Gasteiger partial charge in [0.25, 0.3) is 0 Å². The van der Waals surface area contributed by atoms with E-state index < -0.39 is 0 Å². The molecule has 0 aliphatic heterocycles. The van der Waals surface area contributed by atoms with Crippen LogP contribution >= 0.6 is 11.3 Å². The molecule has 0 saturated heterocycles. The van der Waals surface area contributed by atoms with Crippen LogP contribution in [0.3, 0.4) is 0 Å². The number of rotatable bonds is 7. The molecule has 0 amide bonds. The van der Waals surface area contributed by atoms with Gasteiger partial charge in [0.15, 0.2) is 11.5 Å². The zero-order valence-electron chi connectivity index (χ0n) is 17.9. The molecule has 30 heavy (non-hydrogen) atoms. The second-order valence-electron chi connectivity index (χ2n) is 6.26. The quantitative estimate of drug-likeness (QED) is 0.534. The van der Waals surface area contributed by atoms with Crippen LogP contribution in [0.1, 0.15) is 12.5 Å². The van der Waals surface area contributed by atoms with Gasteiger partial charge in [0.05, 0.1) is 39.8 Å². The molecule has 8 heteroatoms. The van der Waals surface area contributed by atoms with Crippen molar-refractivity contribution >= 4 is 17.0 Å². The largest absolute Gasteiger partial charge is 0.497 e. The molecule has 0 spiro atoms. The second kappa shape index (κ2) is 9.49. The third-order valence-corrected chi connectivity index (χ3v) is 5.52. The molecule has 0 bridgehead atoms. The van der Waals surface area contributed by atoms with Gasteiger partial charge in [0, 0.05) is 23.6 Å². The maximum atomic E-state index is 5.57. The van der Waals surface area contributed by atoms with E-state index in [4.69, 9.17) is 24.0 Å². The van der Waals surface area contributed by atoms with Crippen LogP contribution in [0.2, 0.25) is 0 Å². The topological polar surface area (TPSA) is 66.6 Å². The predicted octanol–water partition coefficient (Wildman–Crippen LogP) is 4.05. The van der Waals surface area contributed by atoms with Crippen LogP contribution in [-0.2, 0) is 0 Å². The van der Waals surface area contributed by atoms with E-state index in [1.54, 1.807) is 35.5 Å². The van der Waals surface area contributed by atoms with E-state index in [1.165, 1.54) is 11.3 Å². The van der Waals surface area contributed by atoms with Crippen LogP contribution in [0.5, 0.6) is 23.0 Å². The lowest BCUT2D eigenvalue weighted by atomic mass is 10.1. The molecule has 1 aromatic heterocycles. The van der Waals surface area contributed by atoms with E-state index in [9.17, 15) is 0 Å². The van der Waals surface area contributed by atoms with Crippen molar-refractivity contribution in [3.63, 3.8) is 0 Å². The average Bonchev–Trinajstić information content (AvgIpc) is 3.20. The SMILES string of the molecule is CN=c1scc(-c2cc(OC)ccc2OC)n1N=C(C)c1ccc(OC)c(OC)c1. The van der Waals surface area contributed by atoms with Gasteiger partial charge in [0.1, 0.15) is 11.5 Å². The minimum absolute atomic E-state index is 0.648. The number of ether oxygens (including phenoxy) is 4. The predicted molar refractivity (Wildman–Crippen MR) is 119 cm³/mol. The Labute approximate surface area is 179 Å². The van der Waals surface area contributed by atoms with E-state index in [2.05, 4.69) is 4.99 Å². The number of aromatic nitrogens is 1. The molecule has 0 N–H and O–H groups in total. The Bertz CT molecular complexity index is 1130. The van der Waals surface area contributed by atoms with E-state index in [1.807, 2.05) is 53.4 Å². The van der Waals surface area contributed by atoms with E-state index in [-0.39, 0.29) is 0 Å². The summed E-state index contributed by atoms with van der Waals surface area (Å²) in [6.07, 6.45) is 0. The van der Waals surface area contributed by atoms with Crippen LogP contribution < -0.4 is 23.7 Å². The Morgan fingerprint density at radius 3 is 2.20 bits per heavy atom. The molecule has 0 aliphatic rings. The van der Waals surface area contributed by atoms with Crippen molar-refractivity contribution in [1.29, 1.82) is 0 Å². The summed E-state index contributed by atoms with van der Waals surface area (Å²) < 4.78 is 23.5. The molecule has 2 aromatic carbocycles. The lowest BCUT2D eigenvalue weighted by Crippen LogP contribution is -2.14. The minimum Gasteiger partial charge on any atom is -0.497 e. The molecular formula is C22H25N3O4S. The van der Waals surface area contributed by atoms with Crippen LogP contribution in [0.4, 0.5) is 0 Å². The fourth-order valence-corrected chi connectivity index (χ4v) is 3.80. The smallest absolute Gasteiger partial charge is 0.205 e. The molecule has 0 unspecified atom stereocenters. The Hall–Kier alpha value is -3.26. The molecular weight excluding hydrogens is 402 g/mol. The fourth-order valence-electron chi connectivity index (χ4n) is 3.02. The van der Waals surface area contributed by atoms with Crippen molar-refractivity contribution in [3.05, 3.63) is 52.1 Å². The summed E-state index contributed by atoms with van der Waals surface area (Å²) in [5, 5.41) is 6.86. The number of hydrogen-bond acceptors (Lipinski definition) is 7. The maximum absolute atomic E-state index is 5.57. The van der Waals surface area contributed by atoms with Gasteiger partial charge >= 0.3 is 0 Å². The van der Waals surface area contributed by atoms with Crippen molar-refractivity contribution in [1.82, 2.24) is 4.68 Å². The second-order valence-corrected chi connectivity index (χ2v) is 7.10. The molecule has 0 atom stereocenters. The molecule has 0 saturated carbocycles. The Morgan fingerprint density at radius 1 is 0.867 bits per heavy atom. The Kier molecular flexibility index (Phi) is 6.79. The van der Waals surface area contributed by atoms with Gasteiger partial charge in [-0.1, -0.05) is 0 Å². The Balaban J connectivity index is 2.16. The molecule has 3 aromatic rings. The van der Waals surface area contributed by atoms with Crippen LogP contribution in [0.25, 0.3) is 11.3 Å².